The number of para-hydroxylation sites is 1. The highest BCUT2D eigenvalue weighted by Crippen LogP contribution is 2.25. The number of benzene rings is 2. The van der Waals surface area contributed by atoms with Gasteiger partial charge in [-0.3, -0.25) is 14.9 Å². The standard InChI is InChI=1S/C19H16BrN3O3S/c1-12(26-16-8-3-2-7-15(16)20)17(24)22-14-6-4-5-13(11-14)18(25)23-19-21-9-10-27-19/h2-12H,1H3,(H,22,24)(H,21,23,25). The van der Waals surface area contributed by atoms with Crippen molar-refractivity contribution < 1.29 is 14.3 Å². The Morgan fingerprint density at radius 2 is 1.96 bits per heavy atom. The van der Waals surface area contributed by atoms with Crippen LogP contribution >= 0.6 is 27.3 Å². The lowest BCUT2D eigenvalue weighted by atomic mass is 10.2. The van der Waals surface area contributed by atoms with Crippen LogP contribution in [0.3, 0.4) is 0 Å². The molecule has 0 aliphatic carbocycles. The van der Waals surface area contributed by atoms with E-state index in [4.69, 9.17) is 4.74 Å². The summed E-state index contributed by atoms with van der Waals surface area (Å²) in [6, 6.07) is 14.0. The van der Waals surface area contributed by atoms with Gasteiger partial charge in [0, 0.05) is 22.8 Å². The Morgan fingerprint density at radius 1 is 1.15 bits per heavy atom. The van der Waals surface area contributed by atoms with E-state index in [1.54, 1.807) is 48.8 Å². The first kappa shape index (κ1) is 19.1. The minimum absolute atomic E-state index is 0.293. The fourth-order valence-corrected chi connectivity index (χ4v) is 3.12. The normalized spacial score (nSPS) is 11.5. The highest BCUT2D eigenvalue weighted by molar-refractivity contribution is 9.10. The summed E-state index contributed by atoms with van der Waals surface area (Å²) >= 11 is 4.72. The van der Waals surface area contributed by atoms with Gasteiger partial charge >= 0.3 is 0 Å². The predicted octanol–water partition coefficient (Wildman–Crippen LogP) is 4.56. The van der Waals surface area contributed by atoms with Gasteiger partial charge in [0.2, 0.25) is 0 Å². The molecular weight excluding hydrogens is 430 g/mol. The molecule has 0 bridgehead atoms. The van der Waals surface area contributed by atoms with E-state index in [9.17, 15) is 9.59 Å². The number of nitrogens with one attached hydrogen (secondary N) is 2. The highest BCUT2D eigenvalue weighted by Gasteiger charge is 2.17. The summed E-state index contributed by atoms with van der Waals surface area (Å²) in [5.74, 6) is -0.0291. The summed E-state index contributed by atoms with van der Waals surface area (Å²) in [7, 11) is 0. The number of hydrogen-bond acceptors (Lipinski definition) is 5. The second kappa shape index (κ2) is 8.79. The largest absolute Gasteiger partial charge is 0.480 e. The number of ether oxygens (including phenoxy) is 1. The maximum Gasteiger partial charge on any atom is 0.265 e. The second-order valence-electron chi connectivity index (χ2n) is 5.55. The van der Waals surface area contributed by atoms with Gasteiger partial charge in [-0.2, -0.15) is 0 Å². The Labute approximate surface area is 168 Å². The van der Waals surface area contributed by atoms with Crippen molar-refractivity contribution in [3.8, 4) is 5.75 Å². The first-order valence-electron chi connectivity index (χ1n) is 8.06. The van der Waals surface area contributed by atoms with E-state index < -0.39 is 6.10 Å². The topological polar surface area (TPSA) is 80.3 Å². The quantitative estimate of drug-likeness (QED) is 0.582. The molecule has 27 heavy (non-hydrogen) atoms. The number of carbonyl (C=O) groups is 2. The Hall–Kier alpha value is -2.71. The van der Waals surface area contributed by atoms with E-state index in [0.717, 1.165) is 4.47 Å². The maximum atomic E-state index is 12.4. The lowest BCUT2D eigenvalue weighted by Crippen LogP contribution is -2.30. The summed E-state index contributed by atoms with van der Waals surface area (Å²) in [6.07, 6.45) is 0.903. The number of hydrogen-bond donors (Lipinski definition) is 2. The third-order valence-electron chi connectivity index (χ3n) is 3.55. The van der Waals surface area contributed by atoms with Crippen LogP contribution in [0.25, 0.3) is 0 Å². The lowest BCUT2D eigenvalue weighted by molar-refractivity contribution is -0.122. The fraction of sp³-hybridized carbons (Fsp3) is 0.105. The molecule has 2 aromatic carbocycles. The molecule has 0 aliphatic heterocycles. The third kappa shape index (κ3) is 5.15. The molecule has 0 radical (unpaired) electrons. The van der Waals surface area contributed by atoms with Gasteiger partial charge in [0.15, 0.2) is 11.2 Å². The minimum atomic E-state index is -0.712. The van der Waals surface area contributed by atoms with Crippen LogP contribution in [0.2, 0.25) is 0 Å². The zero-order valence-corrected chi connectivity index (χ0v) is 16.7. The summed E-state index contributed by atoms with van der Waals surface area (Å²) in [5, 5.41) is 7.76. The van der Waals surface area contributed by atoms with Crippen molar-refractivity contribution in [2.45, 2.75) is 13.0 Å². The molecule has 1 heterocycles. The molecule has 1 atom stereocenters. The fourth-order valence-electron chi connectivity index (χ4n) is 2.22. The number of aromatic nitrogens is 1. The summed E-state index contributed by atoms with van der Waals surface area (Å²) in [4.78, 5) is 28.7. The van der Waals surface area contributed by atoms with Crippen LogP contribution in [-0.4, -0.2) is 22.9 Å². The highest BCUT2D eigenvalue weighted by atomic mass is 79.9. The molecule has 0 spiro atoms. The zero-order chi connectivity index (χ0) is 19.2. The van der Waals surface area contributed by atoms with Crippen molar-refractivity contribution in [2.75, 3.05) is 10.6 Å². The molecule has 0 aliphatic rings. The zero-order valence-electron chi connectivity index (χ0n) is 14.3. The Balaban J connectivity index is 1.64. The van der Waals surface area contributed by atoms with Crippen LogP contribution in [0.5, 0.6) is 5.75 Å². The van der Waals surface area contributed by atoms with Crippen LogP contribution in [-0.2, 0) is 4.79 Å². The summed E-state index contributed by atoms with van der Waals surface area (Å²) < 4.78 is 6.45. The van der Waals surface area contributed by atoms with Gasteiger partial charge in [-0.15, -0.1) is 11.3 Å². The number of amides is 2. The van der Waals surface area contributed by atoms with Gasteiger partial charge in [0.25, 0.3) is 11.8 Å². The molecule has 1 unspecified atom stereocenters. The smallest absolute Gasteiger partial charge is 0.265 e. The monoisotopic (exact) mass is 445 g/mol. The summed E-state index contributed by atoms with van der Waals surface area (Å²) in [5.41, 5.74) is 0.928. The van der Waals surface area contributed by atoms with Crippen molar-refractivity contribution in [2.24, 2.45) is 0 Å². The van der Waals surface area contributed by atoms with Gasteiger partial charge in [0.1, 0.15) is 5.75 Å². The molecule has 0 saturated carbocycles. The predicted molar refractivity (Wildman–Crippen MR) is 109 cm³/mol. The average molecular weight is 446 g/mol. The average Bonchev–Trinajstić information content (AvgIpc) is 3.16. The first-order valence-corrected chi connectivity index (χ1v) is 9.73. The molecule has 8 heteroatoms. The lowest BCUT2D eigenvalue weighted by Gasteiger charge is -2.16. The van der Waals surface area contributed by atoms with E-state index in [1.807, 2.05) is 18.2 Å². The number of nitrogens with zero attached hydrogens (tertiary/aromatic N) is 1. The third-order valence-corrected chi connectivity index (χ3v) is 4.90. The van der Waals surface area contributed by atoms with Gasteiger partial charge in [-0.1, -0.05) is 18.2 Å². The second-order valence-corrected chi connectivity index (χ2v) is 7.30. The van der Waals surface area contributed by atoms with Crippen LogP contribution in [0.1, 0.15) is 17.3 Å². The Bertz CT molecular complexity index is 947. The number of thiazole rings is 1. The maximum absolute atomic E-state index is 12.4. The van der Waals surface area contributed by atoms with E-state index in [0.29, 0.717) is 22.1 Å². The molecule has 1 aromatic heterocycles. The van der Waals surface area contributed by atoms with Gasteiger partial charge < -0.3 is 10.1 Å². The molecule has 2 N–H and O–H groups in total. The van der Waals surface area contributed by atoms with Gasteiger partial charge in [-0.05, 0) is 53.2 Å². The van der Waals surface area contributed by atoms with Gasteiger partial charge in [-0.25, -0.2) is 4.98 Å². The molecule has 0 fully saturated rings. The Kier molecular flexibility index (Phi) is 6.20. The van der Waals surface area contributed by atoms with E-state index in [1.165, 1.54) is 11.3 Å². The number of carbonyl (C=O) groups excluding carboxylic acids is 2. The van der Waals surface area contributed by atoms with Crippen LogP contribution < -0.4 is 15.4 Å². The summed E-state index contributed by atoms with van der Waals surface area (Å²) in [6.45, 7) is 1.66. The van der Waals surface area contributed by atoms with Crippen LogP contribution in [0.4, 0.5) is 10.8 Å². The molecule has 3 aromatic rings. The van der Waals surface area contributed by atoms with Crippen molar-refractivity contribution in [3.05, 3.63) is 70.1 Å². The van der Waals surface area contributed by atoms with Crippen molar-refractivity contribution >= 4 is 49.9 Å². The first-order chi connectivity index (χ1) is 13.0. The number of anilines is 2. The van der Waals surface area contributed by atoms with Crippen molar-refractivity contribution in [1.29, 1.82) is 0 Å². The van der Waals surface area contributed by atoms with Crippen molar-refractivity contribution in [1.82, 2.24) is 4.98 Å². The number of rotatable bonds is 6. The molecule has 138 valence electrons. The van der Waals surface area contributed by atoms with E-state index in [2.05, 4.69) is 31.5 Å². The molecule has 0 saturated heterocycles. The SMILES string of the molecule is CC(Oc1ccccc1Br)C(=O)Nc1cccc(C(=O)Nc2nccs2)c1. The van der Waals surface area contributed by atoms with E-state index in [-0.39, 0.29) is 11.8 Å². The van der Waals surface area contributed by atoms with Crippen LogP contribution in [0, 0.1) is 0 Å². The number of halogens is 1. The minimum Gasteiger partial charge on any atom is -0.480 e. The molecule has 2 amide bonds. The van der Waals surface area contributed by atoms with E-state index >= 15 is 0 Å². The van der Waals surface area contributed by atoms with Gasteiger partial charge in [0.05, 0.1) is 4.47 Å². The Morgan fingerprint density at radius 3 is 2.70 bits per heavy atom. The van der Waals surface area contributed by atoms with Crippen LogP contribution in [0.15, 0.2) is 64.6 Å². The van der Waals surface area contributed by atoms with Crippen molar-refractivity contribution in [3.63, 3.8) is 0 Å². The molecule has 6 nitrogen and oxygen atoms in total. The molecular formula is C19H16BrN3O3S. The molecule has 3 rings (SSSR count).